The molecule has 3 amide bonds. The summed E-state index contributed by atoms with van der Waals surface area (Å²) in [5, 5.41) is 2.76. The predicted octanol–water partition coefficient (Wildman–Crippen LogP) is 0.0125. The number of hydrogen-bond acceptors (Lipinski definition) is 8. The van der Waals surface area contributed by atoms with Gasteiger partial charge in [0.25, 0.3) is 17.7 Å². The molecule has 1 unspecified atom stereocenters. The monoisotopic (exact) mass is 354 g/mol. The minimum absolute atomic E-state index is 0.0395. The van der Waals surface area contributed by atoms with Crippen LogP contribution in [0.2, 0.25) is 0 Å². The Balaban J connectivity index is 2.19. The van der Waals surface area contributed by atoms with Crippen molar-refractivity contribution in [3.05, 3.63) is 0 Å². The van der Waals surface area contributed by atoms with Gasteiger partial charge in [-0.15, -0.1) is 6.42 Å². The maximum Gasteiger partial charge on any atom is 0.537 e. The van der Waals surface area contributed by atoms with Crippen LogP contribution in [0.25, 0.3) is 0 Å². The van der Waals surface area contributed by atoms with E-state index in [0.717, 1.165) is 0 Å². The summed E-state index contributed by atoms with van der Waals surface area (Å²) in [6.45, 7) is 1.60. The van der Waals surface area contributed by atoms with Crippen molar-refractivity contribution in [1.29, 1.82) is 0 Å². The number of esters is 1. The van der Waals surface area contributed by atoms with Crippen molar-refractivity contribution in [2.75, 3.05) is 6.54 Å². The Hall–Kier alpha value is -3.09. The topological polar surface area (TPSA) is 128 Å². The van der Waals surface area contributed by atoms with Crippen molar-refractivity contribution >= 4 is 29.8 Å². The molecule has 25 heavy (non-hydrogen) atoms. The third kappa shape index (κ3) is 7.34. The molecule has 0 aromatic rings. The van der Waals surface area contributed by atoms with E-state index in [9.17, 15) is 24.0 Å². The number of carbonyl (C=O) groups is 5. The van der Waals surface area contributed by atoms with E-state index in [1.807, 2.05) is 5.92 Å². The lowest BCUT2D eigenvalue weighted by Crippen LogP contribution is -2.34. The lowest BCUT2D eigenvalue weighted by molar-refractivity contribution is -0.191. The molecular weight excluding hydrogens is 336 g/mol. The molecule has 0 aromatic carbocycles. The molecule has 136 valence electrons. The van der Waals surface area contributed by atoms with Crippen LogP contribution in [0.3, 0.4) is 0 Å². The fourth-order valence-electron chi connectivity index (χ4n) is 1.80. The van der Waals surface area contributed by atoms with Crippen LogP contribution in [0.4, 0.5) is 4.79 Å². The number of hydroxylamine groups is 2. The van der Waals surface area contributed by atoms with Crippen molar-refractivity contribution in [3.63, 3.8) is 0 Å². The first kappa shape index (κ1) is 20.0. The zero-order valence-electron chi connectivity index (χ0n) is 13.6. The first-order chi connectivity index (χ1) is 11.8. The van der Waals surface area contributed by atoms with Gasteiger partial charge in [-0.3, -0.25) is 24.0 Å². The molecule has 0 bridgehead atoms. The third-order valence-electron chi connectivity index (χ3n) is 2.96. The minimum atomic E-state index is -1.33. The fourth-order valence-corrected chi connectivity index (χ4v) is 1.80. The van der Waals surface area contributed by atoms with Gasteiger partial charge in [-0.1, -0.05) is 5.06 Å². The van der Waals surface area contributed by atoms with Crippen LogP contribution in [-0.2, 0) is 33.5 Å². The number of ether oxygens (including phenoxy) is 2. The Labute approximate surface area is 143 Å². The zero-order chi connectivity index (χ0) is 18.8. The molecule has 1 saturated heterocycles. The number of terminal acetylenes is 1. The Bertz CT molecular complexity index is 579. The molecule has 0 saturated carbocycles. The van der Waals surface area contributed by atoms with Crippen molar-refractivity contribution in [3.8, 4) is 12.3 Å². The number of hydrogen-bond donors (Lipinski definition) is 1. The van der Waals surface area contributed by atoms with Crippen LogP contribution >= 0.6 is 0 Å². The number of amides is 3. The first-order valence-electron chi connectivity index (χ1n) is 7.51. The van der Waals surface area contributed by atoms with E-state index >= 15 is 0 Å². The highest BCUT2D eigenvalue weighted by Gasteiger charge is 2.34. The van der Waals surface area contributed by atoms with Crippen LogP contribution in [0.15, 0.2) is 0 Å². The fraction of sp³-hybridized carbons (Fsp3) is 0.533. The number of carbonyl (C=O) groups excluding carboxylic acids is 5. The molecule has 1 heterocycles. The van der Waals surface area contributed by atoms with E-state index in [1.165, 1.54) is 6.92 Å². The number of imide groups is 1. The van der Waals surface area contributed by atoms with Crippen LogP contribution in [0.1, 0.15) is 39.0 Å². The summed E-state index contributed by atoms with van der Waals surface area (Å²) in [7, 11) is 0. The normalized spacial score (nSPS) is 14.5. The van der Waals surface area contributed by atoms with E-state index in [2.05, 4.69) is 14.9 Å². The van der Waals surface area contributed by atoms with Gasteiger partial charge in [-0.2, -0.15) is 0 Å². The molecule has 1 aliphatic heterocycles. The van der Waals surface area contributed by atoms with E-state index in [4.69, 9.17) is 11.2 Å². The lowest BCUT2D eigenvalue weighted by atomic mass is 10.2. The van der Waals surface area contributed by atoms with Gasteiger partial charge >= 0.3 is 12.1 Å². The molecule has 1 atom stereocenters. The van der Waals surface area contributed by atoms with E-state index in [-0.39, 0.29) is 19.3 Å². The van der Waals surface area contributed by atoms with Crippen molar-refractivity contribution in [1.82, 2.24) is 10.4 Å². The Morgan fingerprint density at radius 1 is 1.20 bits per heavy atom. The Morgan fingerprint density at radius 2 is 1.84 bits per heavy atom. The van der Waals surface area contributed by atoms with E-state index in [0.29, 0.717) is 24.4 Å². The number of nitrogens with one attached hydrogen (secondary N) is 1. The SMILES string of the molecule is C#CC(=O)NCCCCC(=O)OC(C)OC(=O)ON1C(=O)CCC1=O. The number of unbranched alkanes of at least 4 members (excludes halogenated alkanes) is 1. The maximum atomic E-state index is 11.5. The molecule has 1 fully saturated rings. The van der Waals surface area contributed by atoms with Gasteiger partial charge in [-0.25, -0.2) is 4.79 Å². The molecule has 0 aromatic heterocycles. The second-order valence-electron chi connectivity index (χ2n) is 4.96. The second kappa shape index (κ2) is 9.92. The van der Waals surface area contributed by atoms with Crippen molar-refractivity contribution in [2.45, 2.75) is 45.3 Å². The van der Waals surface area contributed by atoms with Gasteiger partial charge in [0.15, 0.2) is 0 Å². The minimum Gasteiger partial charge on any atom is -0.425 e. The van der Waals surface area contributed by atoms with Crippen LogP contribution in [0, 0.1) is 12.3 Å². The highest BCUT2D eigenvalue weighted by molar-refractivity contribution is 6.01. The van der Waals surface area contributed by atoms with Gasteiger partial charge in [0.1, 0.15) is 0 Å². The standard InChI is InChI=1S/C15H18N2O8/c1-3-11(18)16-9-5-4-6-14(21)23-10(2)24-15(22)25-17-12(19)7-8-13(17)20/h1,10H,4-9H2,2H3,(H,16,18). The third-order valence-corrected chi connectivity index (χ3v) is 2.96. The number of rotatable bonds is 8. The predicted molar refractivity (Wildman–Crippen MR) is 79.9 cm³/mol. The molecule has 0 radical (unpaired) electrons. The largest absolute Gasteiger partial charge is 0.537 e. The lowest BCUT2D eigenvalue weighted by Gasteiger charge is -2.16. The maximum absolute atomic E-state index is 11.5. The van der Waals surface area contributed by atoms with Crippen LogP contribution < -0.4 is 5.32 Å². The van der Waals surface area contributed by atoms with Gasteiger partial charge in [0, 0.05) is 32.7 Å². The van der Waals surface area contributed by atoms with Gasteiger partial charge in [0.2, 0.25) is 6.29 Å². The zero-order valence-corrected chi connectivity index (χ0v) is 13.6. The highest BCUT2D eigenvalue weighted by Crippen LogP contribution is 2.13. The van der Waals surface area contributed by atoms with Crippen LogP contribution in [0.5, 0.6) is 0 Å². The molecule has 1 rings (SSSR count). The average molecular weight is 354 g/mol. The van der Waals surface area contributed by atoms with Gasteiger partial charge in [0.05, 0.1) is 0 Å². The summed E-state index contributed by atoms with van der Waals surface area (Å²) in [6.07, 6.45) is 3.17. The van der Waals surface area contributed by atoms with Gasteiger partial charge in [-0.05, 0) is 18.8 Å². The average Bonchev–Trinajstić information content (AvgIpc) is 2.85. The molecule has 10 nitrogen and oxygen atoms in total. The Kier molecular flexibility index (Phi) is 7.92. The summed E-state index contributed by atoms with van der Waals surface area (Å²) in [5.74, 6) is -0.564. The Morgan fingerprint density at radius 3 is 2.44 bits per heavy atom. The van der Waals surface area contributed by atoms with Crippen LogP contribution in [-0.4, -0.2) is 47.7 Å². The summed E-state index contributed by atoms with van der Waals surface area (Å²) >= 11 is 0. The van der Waals surface area contributed by atoms with Crippen molar-refractivity contribution in [2.24, 2.45) is 0 Å². The second-order valence-corrected chi connectivity index (χ2v) is 4.96. The quantitative estimate of drug-likeness (QED) is 0.212. The molecule has 0 aliphatic carbocycles. The first-order valence-corrected chi connectivity index (χ1v) is 7.51. The molecule has 10 heteroatoms. The summed E-state index contributed by atoms with van der Waals surface area (Å²) in [4.78, 5) is 60.7. The number of nitrogens with zero attached hydrogens (tertiary/aromatic N) is 1. The van der Waals surface area contributed by atoms with Gasteiger partial charge < -0.3 is 14.8 Å². The summed E-state index contributed by atoms with van der Waals surface area (Å²) in [6, 6.07) is 0. The van der Waals surface area contributed by atoms with Crippen molar-refractivity contribution < 1.29 is 38.3 Å². The smallest absolute Gasteiger partial charge is 0.425 e. The van der Waals surface area contributed by atoms with E-state index < -0.39 is 36.1 Å². The molecule has 1 aliphatic rings. The molecular formula is C15H18N2O8. The molecule has 0 spiro atoms. The summed E-state index contributed by atoms with van der Waals surface area (Å²) < 4.78 is 9.44. The highest BCUT2D eigenvalue weighted by atomic mass is 16.9. The van der Waals surface area contributed by atoms with E-state index in [1.54, 1.807) is 0 Å². The molecule has 1 N–H and O–H groups in total. The summed E-state index contributed by atoms with van der Waals surface area (Å²) in [5.41, 5.74) is 0.